The van der Waals surface area contributed by atoms with Crippen LogP contribution in [0.5, 0.6) is 0 Å². The van der Waals surface area contributed by atoms with Gasteiger partial charge < -0.3 is 9.52 Å². The zero-order valence-corrected chi connectivity index (χ0v) is 12.0. The number of carbonyl (C=O) groups is 1. The molecule has 5 heteroatoms. The Bertz CT molecular complexity index is 732. The van der Waals surface area contributed by atoms with E-state index in [1.54, 1.807) is 0 Å². The van der Waals surface area contributed by atoms with Gasteiger partial charge in [0.05, 0.1) is 4.88 Å². The summed E-state index contributed by atoms with van der Waals surface area (Å²) in [5.41, 5.74) is 1.15. The summed E-state index contributed by atoms with van der Waals surface area (Å²) in [6, 6.07) is 13.6. The molecule has 3 rings (SSSR count). The second kappa shape index (κ2) is 5.93. The van der Waals surface area contributed by atoms with E-state index in [4.69, 9.17) is 4.42 Å². The maximum Gasteiger partial charge on any atom is 0.358 e. The predicted octanol–water partition coefficient (Wildman–Crippen LogP) is 3.89. The van der Waals surface area contributed by atoms with Crippen molar-refractivity contribution in [3.63, 3.8) is 0 Å². The molecule has 1 aromatic carbocycles. The molecular weight excluding hydrogens is 286 g/mol. The Hall–Kier alpha value is -2.40. The summed E-state index contributed by atoms with van der Waals surface area (Å²) in [7, 11) is 0. The molecule has 0 bridgehead atoms. The molecule has 0 unspecified atom stereocenters. The van der Waals surface area contributed by atoms with Crippen molar-refractivity contribution in [3.8, 4) is 10.8 Å². The first-order valence-electron chi connectivity index (χ1n) is 6.55. The monoisotopic (exact) mass is 299 g/mol. The van der Waals surface area contributed by atoms with Gasteiger partial charge in [-0.15, -0.1) is 11.3 Å². The lowest BCUT2D eigenvalue weighted by molar-refractivity contribution is 0.0689. The zero-order chi connectivity index (χ0) is 14.7. The summed E-state index contributed by atoms with van der Waals surface area (Å²) in [5.74, 6) is -0.246. The van der Waals surface area contributed by atoms with Gasteiger partial charge in [0.15, 0.2) is 5.69 Å². The van der Waals surface area contributed by atoms with E-state index in [-0.39, 0.29) is 5.69 Å². The molecule has 2 heterocycles. The van der Waals surface area contributed by atoms with Crippen molar-refractivity contribution in [2.45, 2.75) is 12.8 Å². The van der Waals surface area contributed by atoms with E-state index in [1.807, 2.05) is 47.8 Å². The Labute approximate surface area is 125 Å². The maximum absolute atomic E-state index is 11.3. The smallest absolute Gasteiger partial charge is 0.358 e. The van der Waals surface area contributed by atoms with E-state index >= 15 is 0 Å². The number of benzene rings is 1. The normalized spacial score (nSPS) is 10.7. The van der Waals surface area contributed by atoms with Gasteiger partial charge in [-0.2, -0.15) is 0 Å². The highest BCUT2D eigenvalue weighted by Crippen LogP contribution is 2.27. The number of thiophene rings is 1. The minimum atomic E-state index is -1.05. The lowest BCUT2D eigenvalue weighted by Crippen LogP contribution is -2.02. The van der Waals surface area contributed by atoms with Gasteiger partial charge >= 0.3 is 5.97 Å². The summed E-state index contributed by atoms with van der Waals surface area (Å²) >= 11 is 1.48. The van der Waals surface area contributed by atoms with Crippen LogP contribution in [0.15, 0.2) is 52.3 Å². The van der Waals surface area contributed by atoms with Crippen molar-refractivity contribution < 1.29 is 14.3 Å². The number of carboxylic acids is 1. The van der Waals surface area contributed by atoms with Crippen LogP contribution in [0.1, 0.15) is 21.8 Å². The van der Waals surface area contributed by atoms with E-state index in [1.165, 1.54) is 11.3 Å². The van der Waals surface area contributed by atoms with Crippen LogP contribution in [-0.2, 0) is 12.8 Å². The second-order valence-corrected chi connectivity index (χ2v) is 5.51. The Morgan fingerprint density at radius 2 is 1.95 bits per heavy atom. The van der Waals surface area contributed by atoms with Crippen molar-refractivity contribution in [2.24, 2.45) is 0 Å². The van der Waals surface area contributed by atoms with Gasteiger partial charge in [0.1, 0.15) is 5.76 Å². The van der Waals surface area contributed by atoms with E-state index in [2.05, 4.69) is 4.98 Å². The maximum atomic E-state index is 11.3. The molecule has 0 aliphatic carbocycles. The third-order valence-corrected chi connectivity index (χ3v) is 3.97. The first-order valence-corrected chi connectivity index (χ1v) is 7.43. The quantitative estimate of drug-likeness (QED) is 0.776. The SMILES string of the molecule is O=C(O)c1nc(-c2cccs2)oc1CCc1ccccc1. The first kappa shape index (κ1) is 13.6. The number of aryl methyl sites for hydroxylation is 2. The number of oxazole rings is 1. The average molecular weight is 299 g/mol. The van der Waals surface area contributed by atoms with Gasteiger partial charge in [-0.05, 0) is 23.4 Å². The van der Waals surface area contributed by atoms with Crippen molar-refractivity contribution >= 4 is 17.3 Å². The number of nitrogens with zero attached hydrogens (tertiary/aromatic N) is 1. The largest absolute Gasteiger partial charge is 0.476 e. The van der Waals surface area contributed by atoms with Crippen molar-refractivity contribution in [3.05, 3.63) is 64.9 Å². The molecule has 0 saturated heterocycles. The van der Waals surface area contributed by atoms with Crippen LogP contribution in [0, 0.1) is 0 Å². The molecule has 0 radical (unpaired) electrons. The lowest BCUT2D eigenvalue weighted by Gasteiger charge is -1.99. The van der Waals surface area contributed by atoms with Crippen LogP contribution >= 0.6 is 11.3 Å². The Morgan fingerprint density at radius 1 is 1.14 bits per heavy atom. The molecule has 3 aromatic rings. The highest BCUT2D eigenvalue weighted by Gasteiger charge is 2.20. The molecule has 0 spiro atoms. The van der Waals surface area contributed by atoms with Crippen molar-refractivity contribution in [1.29, 1.82) is 0 Å². The van der Waals surface area contributed by atoms with E-state index in [0.29, 0.717) is 18.1 Å². The zero-order valence-electron chi connectivity index (χ0n) is 11.2. The minimum absolute atomic E-state index is 0.00864. The van der Waals surface area contributed by atoms with Crippen molar-refractivity contribution in [2.75, 3.05) is 0 Å². The lowest BCUT2D eigenvalue weighted by atomic mass is 10.1. The van der Waals surface area contributed by atoms with Crippen LogP contribution in [-0.4, -0.2) is 16.1 Å². The molecule has 21 heavy (non-hydrogen) atoms. The van der Waals surface area contributed by atoms with Crippen LogP contribution in [0.4, 0.5) is 0 Å². The molecule has 1 N–H and O–H groups in total. The fourth-order valence-electron chi connectivity index (χ4n) is 2.10. The van der Waals surface area contributed by atoms with Crippen LogP contribution in [0.2, 0.25) is 0 Å². The summed E-state index contributed by atoms with van der Waals surface area (Å²) in [4.78, 5) is 16.2. The number of hydrogen-bond donors (Lipinski definition) is 1. The van der Waals surface area contributed by atoms with Gasteiger partial charge in [-0.25, -0.2) is 9.78 Å². The fourth-order valence-corrected chi connectivity index (χ4v) is 2.75. The number of hydrogen-bond acceptors (Lipinski definition) is 4. The van der Waals surface area contributed by atoms with Gasteiger partial charge in [0.2, 0.25) is 5.89 Å². The van der Waals surface area contributed by atoms with E-state index in [0.717, 1.165) is 16.9 Å². The van der Waals surface area contributed by atoms with Crippen molar-refractivity contribution in [1.82, 2.24) is 4.98 Å². The number of carboxylic acid groups (broad SMARTS) is 1. The topological polar surface area (TPSA) is 63.3 Å². The highest BCUT2D eigenvalue weighted by atomic mass is 32.1. The van der Waals surface area contributed by atoms with Crippen LogP contribution in [0.25, 0.3) is 10.8 Å². The summed E-state index contributed by atoms with van der Waals surface area (Å²) in [6.07, 6.45) is 1.24. The standard InChI is InChI=1S/C16H13NO3S/c18-16(19)14-12(9-8-11-5-2-1-3-6-11)20-15(17-14)13-7-4-10-21-13/h1-7,10H,8-9H2,(H,18,19). The first-order chi connectivity index (χ1) is 10.2. The Morgan fingerprint density at radius 3 is 2.62 bits per heavy atom. The van der Waals surface area contributed by atoms with Crippen LogP contribution in [0.3, 0.4) is 0 Å². The van der Waals surface area contributed by atoms with Crippen LogP contribution < -0.4 is 0 Å². The molecule has 0 aliphatic heterocycles. The van der Waals surface area contributed by atoms with Gasteiger partial charge in [-0.3, -0.25) is 0 Å². The molecule has 2 aromatic heterocycles. The molecular formula is C16H13NO3S. The molecule has 0 amide bonds. The minimum Gasteiger partial charge on any atom is -0.476 e. The summed E-state index contributed by atoms with van der Waals surface area (Å²) < 4.78 is 5.66. The summed E-state index contributed by atoms with van der Waals surface area (Å²) in [6.45, 7) is 0. The molecule has 0 saturated carbocycles. The Balaban J connectivity index is 1.85. The van der Waals surface area contributed by atoms with Gasteiger partial charge in [-0.1, -0.05) is 36.4 Å². The van der Waals surface area contributed by atoms with Gasteiger partial charge in [0, 0.05) is 6.42 Å². The number of rotatable bonds is 5. The molecule has 0 aliphatic rings. The number of aromatic carboxylic acids is 1. The molecule has 0 atom stereocenters. The van der Waals surface area contributed by atoms with E-state index < -0.39 is 5.97 Å². The van der Waals surface area contributed by atoms with Gasteiger partial charge in [0.25, 0.3) is 0 Å². The predicted molar refractivity (Wildman–Crippen MR) is 80.6 cm³/mol. The third kappa shape index (κ3) is 3.03. The Kier molecular flexibility index (Phi) is 3.83. The number of aromatic nitrogens is 1. The fraction of sp³-hybridized carbons (Fsp3) is 0.125. The molecule has 0 fully saturated rings. The average Bonchev–Trinajstić information content (AvgIpc) is 3.15. The highest BCUT2D eigenvalue weighted by molar-refractivity contribution is 7.13. The molecule has 4 nitrogen and oxygen atoms in total. The third-order valence-electron chi connectivity index (χ3n) is 3.12. The van der Waals surface area contributed by atoms with E-state index in [9.17, 15) is 9.90 Å². The molecule has 106 valence electrons. The second-order valence-electron chi connectivity index (χ2n) is 4.56. The summed E-state index contributed by atoms with van der Waals surface area (Å²) in [5, 5.41) is 11.2.